The third-order valence-corrected chi connectivity index (χ3v) is 34.0. The van der Waals surface area contributed by atoms with Gasteiger partial charge in [-0.05, 0) is 0 Å². The second-order valence-corrected chi connectivity index (χ2v) is 30.8. The Morgan fingerprint density at radius 1 is 0.929 bits per heavy atom. The first-order valence-electron chi connectivity index (χ1n) is 6.11. The van der Waals surface area contributed by atoms with E-state index in [1.807, 2.05) is 0 Å². The Balaban J connectivity index is 2.39. The number of hydrogen-bond acceptors (Lipinski definition) is 2. The van der Waals surface area contributed by atoms with Gasteiger partial charge < -0.3 is 0 Å². The first-order valence-corrected chi connectivity index (χ1v) is 19.1. The molecule has 1 rings (SSSR count). The summed E-state index contributed by atoms with van der Waals surface area (Å²) < 4.78 is 3.31. The van der Waals surface area contributed by atoms with Crippen molar-refractivity contribution in [2.24, 2.45) is 0 Å². The Morgan fingerprint density at radius 2 is 1.43 bits per heavy atom. The van der Waals surface area contributed by atoms with Crippen molar-refractivity contribution in [2.45, 2.75) is 54.8 Å². The van der Waals surface area contributed by atoms with Crippen molar-refractivity contribution in [3.8, 4) is 0 Å². The Labute approximate surface area is 99.2 Å². The zero-order valence-corrected chi connectivity index (χ0v) is 14.2. The van der Waals surface area contributed by atoms with E-state index in [-0.39, 0.29) is 0 Å². The number of rotatable bonds is 6. The first kappa shape index (κ1) is 13.6. The van der Waals surface area contributed by atoms with Gasteiger partial charge in [-0.1, -0.05) is 0 Å². The van der Waals surface area contributed by atoms with Gasteiger partial charge in [-0.2, -0.15) is 0 Å². The quantitative estimate of drug-likeness (QED) is 0.632. The molecule has 0 saturated carbocycles. The Hall–Kier alpha value is 1.50. The van der Waals surface area contributed by atoms with Crippen LogP contribution in [0.25, 0.3) is 0 Å². The van der Waals surface area contributed by atoms with Gasteiger partial charge >= 0.3 is 99.8 Å². The standard InChI is InChI=1S/2C4H9.C3H8S2.Sn/c2*1-3-4-2;4-2-1-3-5;/h2*1,3-4H2,2H3;4-5H,1-3H2;/q;;;+2/p-2. The van der Waals surface area contributed by atoms with E-state index in [1.54, 1.807) is 8.87 Å². The maximum absolute atomic E-state index is 2.46. The molecule has 84 valence electrons. The van der Waals surface area contributed by atoms with Crippen molar-refractivity contribution in [1.82, 2.24) is 0 Å². The molecular formula is C11H24S2Sn. The summed E-state index contributed by atoms with van der Waals surface area (Å²) in [6.45, 7) is 4.69. The van der Waals surface area contributed by atoms with Crippen LogP contribution in [0.5, 0.6) is 0 Å². The van der Waals surface area contributed by atoms with Crippen LogP contribution < -0.4 is 0 Å². The van der Waals surface area contributed by atoms with E-state index in [0.29, 0.717) is 0 Å². The fourth-order valence-electron chi connectivity index (χ4n) is 1.92. The molecule has 0 atom stereocenters. The molecule has 1 aliphatic rings. The van der Waals surface area contributed by atoms with Crippen LogP contribution in [-0.4, -0.2) is 27.1 Å². The Kier molecular flexibility index (Phi) is 7.48. The molecule has 0 radical (unpaired) electrons. The Bertz CT molecular complexity index is 134. The molecule has 0 aliphatic carbocycles. The van der Waals surface area contributed by atoms with Gasteiger partial charge in [0, 0.05) is 0 Å². The van der Waals surface area contributed by atoms with Crippen LogP contribution in [0, 0.1) is 0 Å². The van der Waals surface area contributed by atoms with Crippen LogP contribution in [0.15, 0.2) is 0 Å². The van der Waals surface area contributed by atoms with Gasteiger partial charge in [0.1, 0.15) is 0 Å². The van der Waals surface area contributed by atoms with E-state index in [1.165, 1.54) is 43.6 Å². The van der Waals surface area contributed by atoms with Crippen molar-refractivity contribution in [3.05, 3.63) is 0 Å². The summed E-state index contributed by atoms with van der Waals surface area (Å²) in [5.41, 5.74) is 0. The monoisotopic (exact) mass is 340 g/mol. The van der Waals surface area contributed by atoms with Gasteiger partial charge in [-0.25, -0.2) is 0 Å². The van der Waals surface area contributed by atoms with E-state index in [4.69, 9.17) is 0 Å². The average molecular weight is 339 g/mol. The third-order valence-electron chi connectivity index (χ3n) is 2.84. The molecular weight excluding hydrogens is 315 g/mol. The first-order chi connectivity index (χ1) is 6.83. The summed E-state index contributed by atoms with van der Waals surface area (Å²) in [5.74, 6) is 2.99. The maximum atomic E-state index is 2.46. The molecule has 1 heterocycles. The number of unbranched alkanes of at least 4 members (excludes halogenated alkanes) is 2. The molecule has 0 unspecified atom stereocenters. The third kappa shape index (κ3) is 4.56. The summed E-state index contributed by atoms with van der Waals surface area (Å²) in [6, 6.07) is 0. The topological polar surface area (TPSA) is 0 Å². The molecule has 3 heteroatoms. The van der Waals surface area contributed by atoms with Crippen molar-refractivity contribution < 1.29 is 0 Å². The molecule has 1 fully saturated rings. The molecule has 0 amide bonds. The van der Waals surface area contributed by atoms with Crippen LogP contribution >= 0.6 is 17.9 Å². The molecule has 1 aliphatic heterocycles. The summed E-state index contributed by atoms with van der Waals surface area (Å²) in [5, 5.41) is 0. The van der Waals surface area contributed by atoms with Crippen molar-refractivity contribution in [1.29, 1.82) is 0 Å². The molecule has 0 aromatic carbocycles. The average Bonchev–Trinajstić information content (AvgIpc) is 2.25. The molecule has 14 heavy (non-hydrogen) atoms. The van der Waals surface area contributed by atoms with Gasteiger partial charge in [0.05, 0.1) is 0 Å². The van der Waals surface area contributed by atoms with E-state index in [2.05, 4.69) is 31.7 Å². The molecule has 1 saturated heterocycles. The summed E-state index contributed by atoms with van der Waals surface area (Å²) in [6.07, 6.45) is 7.32. The van der Waals surface area contributed by atoms with Crippen LogP contribution in [0.1, 0.15) is 46.0 Å². The second kappa shape index (κ2) is 7.72. The van der Waals surface area contributed by atoms with E-state index in [9.17, 15) is 0 Å². The zero-order valence-electron chi connectivity index (χ0n) is 9.68. The molecule has 0 spiro atoms. The van der Waals surface area contributed by atoms with Gasteiger partial charge in [0.15, 0.2) is 0 Å². The number of hydrogen-bond donors (Lipinski definition) is 0. The van der Waals surface area contributed by atoms with Crippen LogP contribution in [-0.2, 0) is 0 Å². The predicted molar refractivity (Wildman–Crippen MR) is 74.7 cm³/mol. The van der Waals surface area contributed by atoms with Crippen molar-refractivity contribution in [3.63, 3.8) is 0 Å². The minimum atomic E-state index is -1.66. The minimum absolute atomic E-state index is 1.41. The molecule has 0 bridgehead atoms. The van der Waals surface area contributed by atoms with Crippen molar-refractivity contribution in [2.75, 3.05) is 11.5 Å². The van der Waals surface area contributed by atoms with Crippen LogP contribution in [0.3, 0.4) is 0 Å². The van der Waals surface area contributed by atoms with Crippen LogP contribution in [0.2, 0.25) is 8.87 Å². The van der Waals surface area contributed by atoms with Gasteiger partial charge in [0.25, 0.3) is 0 Å². The fourth-order valence-corrected chi connectivity index (χ4v) is 33.3. The normalized spacial score (nSPS) is 21.0. The predicted octanol–water partition coefficient (Wildman–Crippen LogP) is 4.90. The summed E-state index contributed by atoms with van der Waals surface area (Å²) in [4.78, 5) is 0. The SMILES string of the molecule is CCC[CH2][Sn]1([CH2]CCC)[S]CCC[S]1. The second-order valence-electron chi connectivity index (χ2n) is 4.17. The molecule has 0 aromatic heterocycles. The zero-order chi connectivity index (χ0) is 10.3. The molecule has 0 N–H and O–H groups in total. The van der Waals surface area contributed by atoms with Gasteiger partial charge in [-0.15, -0.1) is 0 Å². The summed E-state index contributed by atoms with van der Waals surface area (Å²) >= 11 is -1.66. The van der Waals surface area contributed by atoms with E-state index < -0.39 is 15.6 Å². The van der Waals surface area contributed by atoms with E-state index in [0.717, 1.165) is 0 Å². The molecule has 0 nitrogen and oxygen atoms in total. The van der Waals surface area contributed by atoms with E-state index >= 15 is 0 Å². The van der Waals surface area contributed by atoms with Gasteiger partial charge in [0.2, 0.25) is 0 Å². The van der Waals surface area contributed by atoms with Crippen LogP contribution in [0.4, 0.5) is 0 Å². The fraction of sp³-hybridized carbons (Fsp3) is 1.00. The van der Waals surface area contributed by atoms with Crippen molar-refractivity contribution >= 4 is 33.5 Å². The van der Waals surface area contributed by atoms with Gasteiger partial charge in [-0.3, -0.25) is 0 Å². The summed E-state index contributed by atoms with van der Waals surface area (Å²) in [7, 11) is 4.93. The molecule has 0 aromatic rings. The Morgan fingerprint density at radius 3 is 1.86 bits per heavy atom.